The summed E-state index contributed by atoms with van der Waals surface area (Å²) in [7, 11) is 0. The van der Waals surface area contributed by atoms with Crippen molar-refractivity contribution in [2.75, 3.05) is 6.54 Å². The summed E-state index contributed by atoms with van der Waals surface area (Å²) in [6.45, 7) is 0.204. The third kappa shape index (κ3) is 1.30. The van der Waals surface area contributed by atoms with Crippen LogP contribution in [0.2, 0.25) is 0 Å². The zero-order chi connectivity index (χ0) is 9.69. The molecular weight excluding hydrogens is 183 g/mol. The number of carbonyl (C=O) groups is 1. The van der Waals surface area contributed by atoms with Gasteiger partial charge < -0.3 is 5.32 Å². The Morgan fingerprint density at radius 2 is 2.23 bits per heavy atom. The maximum absolute atomic E-state index is 12.1. The molecule has 1 N–H and O–H groups in total. The van der Waals surface area contributed by atoms with Gasteiger partial charge in [-0.05, 0) is 12.8 Å². The van der Waals surface area contributed by atoms with Crippen molar-refractivity contribution in [3.8, 4) is 0 Å². The molecule has 0 aromatic heterocycles. The van der Waals surface area contributed by atoms with Crippen LogP contribution in [0.5, 0.6) is 0 Å². The first-order chi connectivity index (χ1) is 5.93. The van der Waals surface area contributed by atoms with Crippen LogP contribution in [0, 0.1) is 11.3 Å². The van der Waals surface area contributed by atoms with E-state index in [1.807, 2.05) is 0 Å². The van der Waals surface area contributed by atoms with Crippen LogP contribution in [0.25, 0.3) is 0 Å². The van der Waals surface area contributed by atoms with Crippen LogP contribution in [0.1, 0.15) is 19.3 Å². The minimum Gasteiger partial charge on any atom is -0.355 e. The van der Waals surface area contributed by atoms with Crippen molar-refractivity contribution in [3.05, 3.63) is 0 Å². The van der Waals surface area contributed by atoms with Crippen molar-refractivity contribution >= 4 is 5.91 Å². The van der Waals surface area contributed by atoms with Crippen LogP contribution < -0.4 is 5.32 Å². The molecular formula is C8H10F3NO. The minimum absolute atomic E-state index is 0.199. The van der Waals surface area contributed by atoms with E-state index < -0.39 is 18.0 Å². The molecule has 13 heavy (non-hydrogen) atoms. The van der Waals surface area contributed by atoms with Gasteiger partial charge in [-0.2, -0.15) is 13.2 Å². The molecule has 2 atom stereocenters. The summed E-state index contributed by atoms with van der Waals surface area (Å²) in [5, 5.41) is 2.51. The summed E-state index contributed by atoms with van der Waals surface area (Å²) in [6, 6.07) is 0. The Morgan fingerprint density at radius 1 is 1.54 bits per heavy atom. The van der Waals surface area contributed by atoms with Crippen LogP contribution in [0.3, 0.4) is 0 Å². The van der Waals surface area contributed by atoms with Gasteiger partial charge in [0.05, 0.1) is 6.42 Å². The third-order valence-corrected chi connectivity index (χ3v) is 3.15. The van der Waals surface area contributed by atoms with Crippen molar-refractivity contribution in [1.82, 2.24) is 5.32 Å². The zero-order valence-electron chi connectivity index (χ0n) is 6.95. The maximum atomic E-state index is 12.1. The van der Waals surface area contributed by atoms with Crippen molar-refractivity contribution < 1.29 is 18.0 Å². The van der Waals surface area contributed by atoms with Crippen molar-refractivity contribution in [1.29, 1.82) is 0 Å². The average molecular weight is 193 g/mol. The molecule has 0 spiro atoms. The standard InChI is InChI=1S/C8H10F3NO/c9-8(10,11)3-7-2-1-5(7)6(13)12-4-7/h5H,1-4H2,(H,12,13). The lowest BCUT2D eigenvalue weighted by atomic mass is 9.60. The second-order valence-corrected chi connectivity index (χ2v) is 3.96. The minimum atomic E-state index is -4.15. The summed E-state index contributed by atoms with van der Waals surface area (Å²) >= 11 is 0. The molecule has 0 bridgehead atoms. The Labute approximate surface area is 73.5 Å². The fourth-order valence-electron chi connectivity index (χ4n) is 2.38. The third-order valence-electron chi connectivity index (χ3n) is 3.15. The number of alkyl halides is 3. The molecule has 1 aliphatic carbocycles. The van der Waals surface area contributed by atoms with Gasteiger partial charge in [0.2, 0.25) is 5.91 Å². The molecule has 2 unspecified atom stereocenters. The van der Waals surface area contributed by atoms with Crippen LogP contribution in [-0.2, 0) is 4.79 Å². The van der Waals surface area contributed by atoms with E-state index >= 15 is 0 Å². The molecule has 1 saturated carbocycles. The van der Waals surface area contributed by atoms with Gasteiger partial charge in [-0.25, -0.2) is 0 Å². The molecule has 2 nitrogen and oxygen atoms in total. The molecule has 1 saturated heterocycles. The first-order valence-corrected chi connectivity index (χ1v) is 4.27. The van der Waals surface area contributed by atoms with Gasteiger partial charge in [-0.1, -0.05) is 0 Å². The highest BCUT2D eigenvalue weighted by molar-refractivity contribution is 5.83. The zero-order valence-corrected chi connectivity index (χ0v) is 6.95. The fraction of sp³-hybridized carbons (Fsp3) is 0.875. The number of rotatable bonds is 1. The summed E-state index contributed by atoms with van der Waals surface area (Å²) in [4.78, 5) is 11.0. The smallest absolute Gasteiger partial charge is 0.355 e. The van der Waals surface area contributed by atoms with Crippen LogP contribution >= 0.6 is 0 Å². The van der Waals surface area contributed by atoms with Gasteiger partial charge in [0.15, 0.2) is 0 Å². The Morgan fingerprint density at radius 3 is 2.62 bits per heavy atom. The molecule has 1 heterocycles. The highest BCUT2D eigenvalue weighted by Gasteiger charge is 2.58. The molecule has 2 fully saturated rings. The highest BCUT2D eigenvalue weighted by Crippen LogP contribution is 2.55. The molecule has 1 amide bonds. The predicted molar refractivity (Wildman–Crippen MR) is 38.8 cm³/mol. The number of nitrogens with one attached hydrogen (secondary N) is 1. The van der Waals surface area contributed by atoms with Gasteiger partial charge in [0.25, 0.3) is 0 Å². The molecule has 74 valence electrons. The Kier molecular flexibility index (Phi) is 1.63. The van der Waals surface area contributed by atoms with E-state index in [1.165, 1.54) is 0 Å². The van der Waals surface area contributed by atoms with E-state index in [2.05, 4.69) is 5.32 Å². The van der Waals surface area contributed by atoms with Gasteiger partial charge in [0.1, 0.15) is 0 Å². The van der Waals surface area contributed by atoms with Crippen molar-refractivity contribution in [3.63, 3.8) is 0 Å². The monoisotopic (exact) mass is 193 g/mol. The van der Waals surface area contributed by atoms with Gasteiger partial charge >= 0.3 is 6.18 Å². The van der Waals surface area contributed by atoms with E-state index in [4.69, 9.17) is 0 Å². The van der Waals surface area contributed by atoms with Gasteiger partial charge in [-0.15, -0.1) is 0 Å². The van der Waals surface area contributed by atoms with E-state index in [0.717, 1.165) is 0 Å². The summed E-state index contributed by atoms with van der Waals surface area (Å²) in [5.41, 5.74) is -0.796. The topological polar surface area (TPSA) is 29.1 Å². The van der Waals surface area contributed by atoms with E-state index in [9.17, 15) is 18.0 Å². The van der Waals surface area contributed by atoms with E-state index in [0.29, 0.717) is 12.8 Å². The van der Waals surface area contributed by atoms with Crippen LogP contribution in [0.4, 0.5) is 13.2 Å². The van der Waals surface area contributed by atoms with E-state index in [-0.39, 0.29) is 18.4 Å². The number of hydrogen-bond acceptors (Lipinski definition) is 1. The SMILES string of the molecule is O=C1NCC2(CC(F)(F)F)CCC12. The largest absolute Gasteiger partial charge is 0.389 e. The molecule has 2 aliphatic rings. The second kappa shape index (κ2) is 2.39. The summed E-state index contributed by atoms with van der Waals surface area (Å²) in [5.74, 6) is -0.579. The number of amides is 1. The summed E-state index contributed by atoms with van der Waals surface area (Å²) in [6.07, 6.45) is -3.83. The first-order valence-electron chi connectivity index (χ1n) is 4.27. The Balaban J connectivity index is 2.10. The lowest BCUT2D eigenvalue weighted by Crippen LogP contribution is -2.43. The Hall–Kier alpha value is -0.740. The number of hydrogen-bond donors (Lipinski definition) is 1. The molecule has 5 heteroatoms. The number of halogens is 3. The first kappa shape index (κ1) is 8.84. The highest BCUT2D eigenvalue weighted by atomic mass is 19.4. The van der Waals surface area contributed by atoms with Gasteiger partial charge in [0, 0.05) is 17.9 Å². The quantitative estimate of drug-likeness (QED) is 0.671. The molecule has 0 aromatic rings. The van der Waals surface area contributed by atoms with Crippen molar-refractivity contribution in [2.24, 2.45) is 11.3 Å². The van der Waals surface area contributed by atoms with Crippen LogP contribution in [-0.4, -0.2) is 18.6 Å². The number of fused-ring (bicyclic) bond motifs is 1. The molecule has 0 radical (unpaired) electrons. The number of carbonyl (C=O) groups excluding carboxylic acids is 1. The lowest BCUT2D eigenvalue weighted by Gasteiger charge is -2.42. The second-order valence-electron chi connectivity index (χ2n) is 3.96. The lowest BCUT2D eigenvalue weighted by molar-refractivity contribution is -0.175. The normalized spacial score (nSPS) is 38.1. The van der Waals surface area contributed by atoms with Crippen molar-refractivity contribution in [2.45, 2.75) is 25.4 Å². The van der Waals surface area contributed by atoms with Crippen LogP contribution in [0.15, 0.2) is 0 Å². The summed E-state index contributed by atoms with van der Waals surface area (Å²) < 4.78 is 36.4. The molecule has 0 aromatic carbocycles. The predicted octanol–water partition coefficient (Wildman–Crippen LogP) is 1.47. The average Bonchev–Trinajstić information content (AvgIpc) is 2.09. The Bertz CT molecular complexity index is 250. The van der Waals surface area contributed by atoms with Gasteiger partial charge in [-0.3, -0.25) is 4.79 Å². The molecule has 2 rings (SSSR count). The maximum Gasteiger partial charge on any atom is 0.389 e. The van der Waals surface area contributed by atoms with E-state index in [1.54, 1.807) is 0 Å². The fourth-order valence-corrected chi connectivity index (χ4v) is 2.38. The molecule has 1 aliphatic heterocycles.